The van der Waals surface area contributed by atoms with Gasteiger partial charge in [0.2, 0.25) is 5.91 Å². The molecular weight excluding hydrogens is 501 g/mol. The van der Waals surface area contributed by atoms with E-state index in [9.17, 15) is 4.79 Å². The van der Waals surface area contributed by atoms with E-state index in [0.717, 1.165) is 27.5 Å². The molecule has 0 saturated carbocycles. The van der Waals surface area contributed by atoms with Crippen LogP contribution in [0, 0.1) is 6.92 Å². The Morgan fingerprint density at radius 2 is 2.07 bits per heavy atom. The largest absolute Gasteiger partial charge is 0.479 e. The Kier molecular flexibility index (Phi) is 7.45. The van der Waals surface area contributed by atoms with E-state index in [1.54, 1.807) is 25.1 Å². The third kappa shape index (κ3) is 6.12. The summed E-state index contributed by atoms with van der Waals surface area (Å²) in [6, 6.07) is 10.5. The monoisotopic (exact) mass is 515 g/mol. The maximum atomic E-state index is 12.1. The number of hydrogen-bond acceptors (Lipinski definition) is 6. The van der Waals surface area contributed by atoms with E-state index in [0.29, 0.717) is 15.8 Å². The smallest absolute Gasteiger partial charge is 0.277 e. The third-order valence-corrected chi connectivity index (χ3v) is 5.97. The van der Waals surface area contributed by atoms with E-state index in [-0.39, 0.29) is 22.8 Å². The number of aryl methyl sites for hydroxylation is 1. The van der Waals surface area contributed by atoms with E-state index in [2.05, 4.69) is 31.4 Å². The average Bonchev–Trinajstić information content (AvgIpc) is 3.14. The van der Waals surface area contributed by atoms with Gasteiger partial charge in [0.25, 0.3) is 11.1 Å². The molecule has 2 aromatic carbocycles. The van der Waals surface area contributed by atoms with Crippen molar-refractivity contribution in [2.24, 2.45) is 0 Å². The summed E-state index contributed by atoms with van der Waals surface area (Å²) < 4.78 is 12.3. The summed E-state index contributed by atoms with van der Waals surface area (Å²) in [6.07, 6.45) is -0.518. The molecule has 1 aromatic heterocycles. The first-order chi connectivity index (χ1) is 13.8. The lowest BCUT2D eigenvalue weighted by Crippen LogP contribution is -2.14. The first-order valence-electron chi connectivity index (χ1n) is 8.45. The third-order valence-electron chi connectivity index (χ3n) is 3.74. The molecule has 0 saturated heterocycles. The summed E-state index contributed by atoms with van der Waals surface area (Å²) in [5.74, 6) is 0.700. The molecule has 152 valence electrons. The van der Waals surface area contributed by atoms with Gasteiger partial charge in [-0.05, 0) is 55.8 Å². The molecule has 0 aliphatic carbocycles. The number of nitrogens with zero attached hydrogens (tertiary/aromatic N) is 2. The molecule has 0 unspecified atom stereocenters. The molecule has 10 heteroatoms. The lowest BCUT2D eigenvalue weighted by atomic mass is 10.2. The number of anilines is 1. The predicted molar refractivity (Wildman–Crippen MR) is 118 cm³/mol. The zero-order valence-electron chi connectivity index (χ0n) is 15.4. The first-order valence-corrected chi connectivity index (χ1v) is 11.0. The minimum Gasteiger partial charge on any atom is -0.479 e. The predicted octanol–water partition coefficient (Wildman–Crippen LogP) is 6.32. The molecule has 0 spiro atoms. The number of carbonyl (C=O) groups excluding carboxylic acids is 1. The summed E-state index contributed by atoms with van der Waals surface area (Å²) in [6.45, 7) is 3.71. The molecule has 0 fully saturated rings. The number of carbonyl (C=O) groups is 1. The van der Waals surface area contributed by atoms with Gasteiger partial charge in [0.15, 0.2) is 6.10 Å². The van der Waals surface area contributed by atoms with Crippen LogP contribution in [0.1, 0.15) is 24.5 Å². The molecule has 1 N–H and O–H groups in total. The van der Waals surface area contributed by atoms with Crippen molar-refractivity contribution in [1.82, 2.24) is 10.2 Å². The maximum Gasteiger partial charge on any atom is 0.277 e. The minimum absolute atomic E-state index is 0.134. The topological polar surface area (TPSA) is 77.2 Å². The molecule has 1 atom stereocenters. The van der Waals surface area contributed by atoms with Gasteiger partial charge in [-0.25, -0.2) is 0 Å². The Hall–Kier alpha value is -1.74. The van der Waals surface area contributed by atoms with E-state index in [1.807, 2.05) is 25.1 Å². The minimum atomic E-state index is -0.518. The molecule has 0 bridgehead atoms. The van der Waals surface area contributed by atoms with E-state index < -0.39 is 6.10 Å². The van der Waals surface area contributed by atoms with Crippen molar-refractivity contribution in [3.63, 3.8) is 0 Å². The van der Waals surface area contributed by atoms with Gasteiger partial charge in [-0.2, -0.15) is 0 Å². The molecule has 3 rings (SSSR count). The van der Waals surface area contributed by atoms with E-state index in [1.165, 1.54) is 0 Å². The van der Waals surface area contributed by atoms with Gasteiger partial charge in [0.1, 0.15) is 5.75 Å². The fraction of sp³-hybridized carbons (Fsp3) is 0.211. The summed E-state index contributed by atoms with van der Waals surface area (Å²) in [5.41, 5.74) is 1.76. The zero-order chi connectivity index (χ0) is 21.0. The molecule has 0 radical (unpaired) electrons. The van der Waals surface area contributed by atoms with Crippen LogP contribution >= 0.6 is 50.9 Å². The van der Waals surface area contributed by atoms with Crippen molar-refractivity contribution in [2.75, 3.05) is 11.1 Å². The molecule has 29 heavy (non-hydrogen) atoms. The van der Waals surface area contributed by atoms with Crippen LogP contribution in [0.15, 0.2) is 50.5 Å². The summed E-state index contributed by atoms with van der Waals surface area (Å²) >= 11 is 16.6. The van der Waals surface area contributed by atoms with Crippen LogP contribution in [0.3, 0.4) is 0 Å². The number of nitrogens with one attached hydrogen (secondary N) is 1. The Bertz CT molecular complexity index is 1030. The number of ether oxygens (including phenoxy) is 1. The lowest BCUT2D eigenvalue weighted by Gasteiger charge is -2.12. The summed E-state index contributed by atoms with van der Waals surface area (Å²) in [4.78, 5) is 12.1. The second-order valence-electron chi connectivity index (χ2n) is 6.04. The molecule has 3 aromatic rings. The fourth-order valence-electron chi connectivity index (χ4n) is 2.30. The van der Waals surface area contributed by atoms with Crippen LogP contribution < -0.4 is 10.1 Å². The lowest BCUT2D eigenvalue weighted by molar-refractivity contribution is -0.113. The van der Waals surface area contributed by atoms with Crippen molar-refractivity contribution in [2.45, 2.75) is 25.2 Å². The van der Waals surface area contributed by atoms with Crippen LogP contribution in [-0.2, 0) is 4.79 Å². The van der Waals surface area contributed by atoms with Gasteiger partial charge in [-0.1, -0.05) is 50.9 Å². The highest BCUT2D eigenvalue weighted by molar-refractivity contribution is 9.10. The number of rotatable bonds is 7. The van der Waals surface area contributed by atoms with Gasteiger partial charge in [-0.15, -0.1) is 10.2 Å². The number of amides is 1. The van der Waals surface area contributed by atoms with E-state index in [4.69, 9.17) is 32.4 Å². The quantitative estimate of drug-likeness (QED) is 0.370. The number of benzene rings is 2. The zero-order valence-corrected chi connectivity index (χ0v) is 19.3. The molecule has 1 amide bonds. The van der Waals surface area contributed by atoms with Crippen LogP contribution in [0.2, 0.25) is 10.0 Å². The first kappa shape index (κ1) is 22.0. The molecule has 1 heterocycles. The highest BCUT2D eigenvalue weighted by Crippen LogP contribution is 2.31. The van der Waals surface area contributed by atoms with Crippen molar-refractivity contribution < 1.29 is 13.9 Å². The van der Waals surface area contributed by atoms with Crippen LogP contribution in [0.4, 0.5) is 5.69 Å². The Morgan fingerprint density at radius 3 is 2.79 bits per heavy atom. The second-order valence-corrected chi connectivity index (χ2v) is 8.67. The highest BCUT2D eigenvalue weighted by atomic mass is 79.9. The van der Waals surface area contributed by atoms with Crippen molar-refractivity contribution >= 4 is 62.5 Å². The van der Waals surface area contributed by atoms with Gasteiger partial charge in [-0.3, -0.25) is 4.79 Å². The fourth-order valence-corrected chi connectivity index (χ4v) is 3.57. The normalized spacial score (nSPS) is 11.9. The number of halogens is 3. The Morgan fingerprint density at radius 1 is 1.28 bits per heavy atom. The standard InChI is InChI=1S/C19H16BrCl2N3O3S/c1-10-7-13(4-5-14(10)20)23-17(26)9-29-19-25-24-18(28-19)11(2)27-16-6-3-12(21)8-15(16)22/h3-8,11H,9H2,1-2H3,(H,23,26)/t11-/m1/s1. The van der Waals surface area contributed by atoms with Gasteiger partial charge < -0.3 is 14.5 Å². The Labute approximate surface area is 190 Å². The van der Waals surface area contributed by atoms with E-state index >= 15 is 0 Å². The average molecular weight is 517 g/mol. The molecular formula is C19H16BrCl2N3O3S. The maximum absolute atomic E-state index is 12.1. The van der Waals surface area contributed by atoms with Gasteiger partial charge in [0.05, 0.1) is 10.8 Å². The summed E-state index contributed by atoms with van der Waals surface area (Å²) in [5, 5.41) is 11.9. The summed E-state index contributed by atoms with van der Waals surface area (Å²) in [7, 11) is 0. The molecule has 0 aliphatic rings. The number of thioether (sulfide) groups is 1. The second kappa shape index (κ2) is 9.84. The van der Waals surface area contributed by atoms with Gasteiger partial charge >= 0.3 is 0 Å². The molecule has 0 aliphatic heterocycles. The number of hydrogen-bond donors (Lipinski definition) is 1. The van der Waals surface area contributed by atoms with Crippen molar-refractivity contribution in [3.05, 3.63) is 62.4 Å². The van der Waals surface area contributed by atoms with Crippen LogP contribution in [0.5, 0.6) is 5.75 Å². The van der Waals surface area contributed by atoms with Crippen molar-refractivity contribution in [1.29, 1.82) is 0 Å². The Balaban J connectivity index is 1.54. The molecule has 6 nitrogen and oxygen atoms in total. The highest BCUT2D eigenvalue weighted by Gasteiger charge is 2.18. The van der Waals surface area contributed by atoms with Gasteiger partial charge in [0, 0.05) is 15.2 Å². The SMILES string of the molecule is Cc1cc(NC(=O)CSc2nnc([C@@H](C)Oc3ccc(Cl)cc3Cl)o2)ccc1Br. The van der Waals surface area contributed by atoms with Crippen molar-refractivity contribution in [3.8, 4) is 5.75 Å². The number of aromatic nitrogens is 2. The van der Waals surface area contributed by atoms with Crippen LogP contribution in [0.25, 0.3) is 0 Å². The van der Waals surface area contributed by atoms with Crippen LogP contribution in [-0.4, -0.2) is 21.9 Å².